The third-order valence-electron chi connectivity index (χ3n) is 4.86. The molecule has 3 N–H and O–H groups in total. The van der Waals surface area contributed by atoms with Crippen LogP contribution in [-0.2, 0) is 0 Å². The minimum atomic E-state index is -1.56. The minimum absolute atomic E-state index is 0.0660. The maximum absolute atomic E-state index is 14.6. The van der Waals surface area contributed by atoms with Gasteiger partial charge in [0.2, 0.25) is 0 Å². The molecule has 1 fully saturated rings. The monoisotopic (exact) mass is 378 g/mol. The van der Waals surface area contributed by atoms with Crippen molar-refractivity contribution in [3.8, 4) is 0 Å². The van der Waals surface area contributed by atoms with Crippen molar-refractivity contribution in [3.63, 3.8) is 0 Å². The van der Waals surface area contributed by atoms with Gasteiger partial charge in [0.15, 0.2) is 0 Å². The van der Waals surface area contributed by atoms with Crippen molar-refractivity contribution in [1.82, 2.24) is 9.24 Å². The summed E-state index contributed by atoms with van der Waals surface area (Å²) in [4.78, 5) is 36.1. The molecule has 8 nitrogen and oxygen atoms in total. The summed E-state index contributed by atoms with van der Waals surface area (Å²) in [6.45, 7) is 3.46. The summed E-state index contributed by atoms with van der Waals surface area (Å²) in [5, 5.41) is 12.0. The summed E-state index contributed by atoms with van der Waals surface area (Å²) in [6, 6.07) is 2.31. The second-order valence-electron chi connectivity index (χ2n) is 7.13. The number of halogens is 1. The fourth-order valence-electron chi connectivity index (χ4n) is 3.62. The lowest BCUT2D eigenvalue weighted by atomic mass is 9.95. The summed E-state index contributed by atoms with van der Waals surface area (Å²) in [5.74, 6) is -0.610. The Morgan fingerprint density at radius 1 is 1.22 bits per heavy atom. The lowest BCUT2D eigenvalue weighted by molar-refractivity contribution is 0.205. The highest BCUT2D eigenvalue weighted by atomic mass is 19.1. The first-order chi connectivity index (χ1) is 12.8. The molecule has 1 heterocycles. The van der Waals surface area contributed by atoms with Gasteiger partial charge >= 0.3 is 11.8 Å². The quantitative estimate of drug-likeness (QED) is 0.759. The van der Waals surface area contributed by atoms with Crippen molar-refractivity contribution >= 4 is 22.7 Å². The SMILES string of the molecule is CC(C)n1c(=O)n(NC(=O)O)c(=O)c2cc(F)c(NC3CCCCC3)cc21. The van der Waals surface area contributed by atoms with Crippen LogP contribution < -0.4 is 22.0 Å². The second-order valence-corrected chi connectivity index (χ2v) is 7.13. The van der Waals surface area contributed by atoms with E-state index < -0.39 is 23.2 Å². The van der Waals surface area contributed by atoms with Gasteiger partial charge < -0.3 is 10.4 Å². The number of hydrogen-bond acceptors (Lipinski definition) is 4. The summed E-state index contributed by atoms with van der Waals surface area (Å²) < 4.78 is 16.3. The molecule has 9 heteroatoms. The van der Waals surface area contributed by atoms with Crippen LogP contribution >= 0.6 is 0 Å². The molecule has 1 saturated carbocycles. The Bertz CT molecular complexity index is 989. The number of carbonyl (C=O) groups is 1. The molecule has 1 aromatic heterocycles. The number of hydrogen-bond donors (Lipinski definition) is 3. The van der Waals surface area contributed by atoms with Crippen molar-refractivity contribution in [3.05, 3.63) is 38.8 Å². The van der Waals surface area contributed by atoms with E-state index >= 15 is 0 Å². The predicted molar refractivity (Wildman–Crippen MR) is 101 cm³/mol. The fraction of sp³-hybridized carbons (Fsp3) is 0.500. The van der Waals surface area contributed by atoms with Crippen molar-refractivity contribution in [2.24, 2.45) is 0 Å². The number of rotatable bonds is 4. The average Bonchev–Trinajstić information content (AvgIpc) is 2.61. The van der Waals surface area contributed by atoms with Gasteiger partial charge in [-0.05, 0) is 38.8 Å². The standard InChI is InChI=1S/C18H23FN4O4/c1-10(2)22-15-9-14(20-11-6-4-3-5-7-11)13(19)8-12(15)16(24)23(18(22)27)21-17(25)26/h8-11,20-21H,3-7H2,1-2H3,(H,25,26). The first kappa shape index (κ1) is 18.9. The number of carboxylic acid groups (broad SMARTS) is 1. The number of amides is 1. The molecule has 0 atom stereocenters. The van der Waals surface area contributed by atoms with Crippen LogP contribution in [0, 0.1) is 5.82 Å². The molecule has 0 spiro atoms. The van der Waals surface area contributed by atoms with Gasteiger partial charge in [0.25, 0.3) is 5.56 Å². The zero-order valence-corrected chi connectivity index (χ0v) is 15.3. The summed E-state index contributed by atoms with van der Waals surface area (Å²) in [7, 11) is 0. The lowest BCUT2D eigenvalue weighted by Crippen LogP contribution is -2.47. The third-order valence-corrected chi connectivity index (χ3v) is 4.86. The van der Waals surface area contributed by atoms with E-state index in [1.54, 1.807) is 19.3 Å². The summed E-state index contributed by atoms with van der Waals surface area (Å²) >= 11 is 0. The van der Waals surface area contributed by atoms with Gasteiger partial charge in [-0.2, -0.15) is 4.68 Å². The number of nitrogens with one attached hydrogen (secondary N) is 2. The highest BCUT2D eigenvalue weighted by molar-refractivity contribution is 5.83. The van der Waals surface area contributed by atoms with E-state index in [1.807, 2.05) is 0 Å². The highest BCUT2D eigenvalue weighted by Crippen LogP contribution is 2.26. The second kappa shape index (κ2) is 7.42. The van der Waals surface area contributed by atoms with Crippen LogP contribution in [0.15, 0.2) is 21.7 Å². The normalized spacial score (nSPS) is 15.3. The first-order valence-electron chi connectivity index (χ1n) is 9.07. The third kappa shape index (κ3) is 3.67. The highest BCUT2D eigenvalue weighted by Gasteiger charge is 2.20. The van der Waals surface area contributed by atoms with Crippen LogP contribution in [0.3, 0.4) is 0 Å². The fourth-order valence-corrected chi connectivity index (χ4v) is 3.62. The van der Waals surface area contributed by atoms with Gasteiger partial charge in [-0.3, -0.25) is 9.36 Å². The number of benzene rings is 1. The Kier molecular flexibility index (Phi) is 5.20. The maximum atomic E-state index is 14.6. The van der Waals surface area contributed by atoms with Crippen LogP contribution in [0.2, 0.25) is 0 Å². The Hall–Kier alpha value is -2.84. The molecule has 27 heavy (non-hydrogen) atoms. The molecule has 3 rings (SSSR count). The average molecular weight is 378 g/mol. The Labute approximate surface area is 154 Å². The van der Waals surface area contributed by atoms with E-state index in [1.165, 1.54) is 17.1 Å². The maximum Gasteiger partial charge on any atom is 0.424 e. The largest absolute Gasteiger partial charge is 0.464 e. The zero-order chi connectivity index (χ0) is 19.7. The van der Waals surface area contributed by atoms with Gasteiger partial charge in [-0.1, -0.05) is 19.3 Å². The van der Waals surface area contributed by atoms with E-state index in [4.69, 9.17) is 5.11 Å². The molecule has 1 aliphatic carbocycles. The van der Waals surface area contributed by atoms with Crippen molar-refractivity contribution in [2.45, 2.75) is 58.0 Å². The van der Waals surface area contributed by atoms with Crippen LogP contribution in [0.4, 0.5) is 14.9 Å². The molecule has 0 bridgehead atoms. The zero-order valence-electron chi connectivity index (χ0n) is 15.3. The van der Waals surface area contributed by atoms with Gasteiger partial charge in [0.05, 0.1) is 16.6 Å². The van der Waals surface area contributed by atoms with Crippen LogP contribution in [0.5, 0.6) is 0 Å². The van der Waals surface area contributed by atoms with Crippen molar-refractivity contribution < 1.29 is 14.3 Å². The van der Waals surface area contributed by atoms with E-state index in [9.17, 15) is 18.8 Å². The Morgan fingerprint density at radius 3 is 2.48 bits per heavy atom. The topological polar surface area (TPSA) is 105 Å². The smallest absolute Gasteiger partial charge is 0.424 e. The molecule has 1 amide bonds. The van der Waals surface area contributed by atoms with Crippen molar-refractivity contribution in [1.29, 1.82) is 0 Å². The molecule has 0 saturated heterocycles. The summed E-state index contributed by atoms with van der Waals surface area (Å²) in [6.07, 6.45) is 3.66. The van der Waals surface area contributed by atoms with Crippen LogP contribution in [0.25, 0.3) is 10.9 Å². The number of aromatic nitrogens is 2. The first-order valence-corrected chi connectivity index (χ1v) is 9.07. The van der Waals surface area contributed by atoms with Gasteiger partial charge in [-0.15, -0.1) is 0 Å². The molecule has 0 unspecified atom stereocenters. The van der Waals surface area contributed by atoms with Gasteiger partial charge in [0, 0.05) is 12.1 Å². The van der Waals surface area contributed by atoms with E-state index in [2.05, 4.69) is 5.32 Å². The molecule has 1 aliphatic rings. The number of anilines is 1. The number of nitrogens with zero attached hydrogens (tertiary/aromatic N) is 2. The van der Waals surface area contributed by atoms with E-state index in [0.29, 0.717) is 4.68 Å². The molecule has 2 aromatic rings. The molecular formula is C18H23FN4O4. The molecule has 0 aliphatic heterocycles. The molecule has 1 aromatic carbocycles. The predicted octanol–water partition coefficient (Wildman–Crippen LogP) is 2.85. The van der Waals surface area contributed by atoms with E-state index in [-0.39, 0.29) is 28.7 Å². The molecule has 146 valence electrons. The summed E-state index contributed by atoms with van der Waals surface area (Å²) in [5.41, 5.74) is 0.562. The Morgan fingerprint density at radius 2 is 1.89 bits per heavy atom. The van der Waals surface area contributed by atoms with Gasteiger partial charge in [-0.25, -0.2) is 19.4 Å². The van der Waals surface area contributed by atoms with Crippen LogP contribution in [-0.4, -0.2) is 26.5 Å². The van der Waals surface area contributed by atoms with Crippen molar-refractivity contribution in [2.75, 3.05) is 10.7 Å². The minimum Gasteiger partial charge on any atom is -0.464 e. The molecule has 0 radical (unpaired) electrons. The van der Waals surface area contributed by atoms with Crippen LogP contribution in [0.1, 0.15) is 52.0 Å². The lowest BCUT2D eigenvalue weighted by Gasteiger charge is -2.25. The van der Waals surface area contributed by atoms with Gasteiger partial charge in [0.1, 0.15) is 5.82 Å². The van der Waals surface area contributed by atoms with E-state index in [0.717, 1.165) is 31.7 Å². The molecular weight excluding hydrogens is 355 g/mol. The number of fused-ring (bicyclic) bond motifs is 1. The Balaban J connectivity index is 2.20.